The number of hydrogen-bond acceptors (Lipinski definition) is 7. The third kappa shape index (κ3) is 4.55. The van der Waals surface area contributed by atoms with E-state index in [0.717, 1.165) is 62.6 Å². The molecule has 4 heterocycles. The van der Waals surface area contributed by atoms with Gasteiger partial charge in [-0.3, -0.25) is 9.88 Å². The van der Waals surface area contributed by atoms with Crippen molar-refractivity contribution in [2.45, 2.75) is 6.92 Å². The van der Waals surface area contributed by atoms with Crippen molar-refractivity contribution in [2.24, 2.45) is 0 Å². The van der Waals surface area contributed by atoms with E-state index in [2.05, 4.69) is 49.5 Å². The van der Waals surface area contributed by atoms with Gasteiger partial charge in [0.15, 0.2) is 0 Å². The largest absolute Gasteiger partial charge is 0.353 e. The number of thiophene rings is 1. The number of nitrogens with one attached hydrogen (secondary N) is 1. The lowest BCUT2D eigenvalue weighted by molar-refractivity contribution is 0.141. The van der Waals surface area contributed by atoms with Crippen LogP contribution in [0.2, 0.25) is 0 Å². The summed E-state index contributed by atoms with van der Waals surface area (Å²) in [6.07, 6.45) is 5.56. The summed E-state index contributed by atoms with van der Waals surface area (Å²) in [5.74, 6) is 0.673. The summed E-state index contributed by atoms with van der Waals surface area (Å²) in [7, 11) is 0. The minimum absolute atomic E-state index is 0.673. The lowest BCUT2D eigenvalue weighted by Crippen LogP contribution is -2.47. The summed E-state index contributed by atoms with van der Waals surface area (Å²) in [6, 6.07) is 8.14. The minimum Gasteiger partial charge on any atom is -0.353 e. The fourth-order valence-electron chi connectivity index (χ4n) is 3.46. The van der Waals surface area contributed by atoms with E-state index in [1.165, 1.54) is 4.88 Å². The number of anilines is 1. The number of nitrogens with zero attached hydrogens (tertiary/aromatic N) is 5. The van der Waals surface area contributed by atoms with Crippen molar-refractivity contribution in [1.82, 2.24) is 24.8 Å². The van der Waals surface area contributed by atoms with Crippen molar-refractivity contribution in [3.05, 3.63) is 48.2 Å². The third-order valence-electron chi connectivity index (χ3n) is 5.13. The minimum atomic E-state index is 0.673. The Morgan fingerprint density at radius 3 is 2.64 bits per heavy atom. The molecule has 0 radical (unpaired) electrons. The van der Waals surface area contributed by atoms with E-state index in [1.807, 2.05) is 24.5 Å². The van der Waals surface area contributed by atoms with Crippen molar-refractivity contribution in [1.29, 1.82) is 0 Å². The van der Waals surface area contributed by atoms with E-state index in [9.17, 15) is 0 Å². The van der Waals surface area contributed by atoms with Crippen LogP contribution in [0.25, 0.3) is 21.7 Å². The van der Waals surface area contributed by atoms with E-state index < -0.39 is 0 Å². The van der Waals surface area contributed by atoms with E-state index in [4.69, 9.17) is 4.98 Å². The first kappa shape index (κ1) is 19.0. The maximum Gasteiger partial charge on any atom is 0.223 e. The molecule has 1 N–H and O–H groups in total. The van der Waals surface area contributed by atoms with Crippen molar-refractivity contribution in [3.8, 4) is 21.7 Å². The molecule has 6 nitrogen and oxygen atoms in total. The normalized spacial score (nSPS) is 15.6. The maximum atomic E-state index is 4.82. The molecule has 0 bridgehead atoms. The summed E-state index contributed by atoms with van der Waals surface area (Å²) in [5, 5.41) is 5.48. The Bertz CT molecular complexity index is 860. The van der Waals surface area contributed by atoms with Crippen LogP contribution in [0.3, 0.4) is 0 Å². The number of likely N-dealkylation sites (N-methyl/N-ethyl adjacent to an activating group) is 1. The van der Waals surface area contributed by atoms with Crippen molar-refractivity contribution in [2.75, 3.05) is 51.1 Å². The first-order valence-corrected chi connectivity index (χ1v) is 10.7. The molecular formula is C21H26N6S. The summed E-state index contributed by atoms with van der Waals surface area (Å²) >= 11 is 1.70. The lowest BCUT2D eigenvalue weighted by atomic mass is 10.1. The molecule has 3 aromatic rings. The van der Waals surface area contributed by atoms with Gasteiger partial charge >= 0.3 is 0 Å². The fourth-order valence-corrected chi connectivity index (χ4v) is 4.19. The number of rotatable bonds is 7. The van der Waals surface area contributed by atoms with Crippen LogP contribution in [-0.2, 0) is 0 Å². The topological polar surface area (TPSA) is 57.2 Å². The zero-order valence-corrected chi connectivity index (χ0v) is 17.0. The summed E-state index contributed by atoms with van der Waals surface area (Å²) in [4.78, 5) is 19.8. The van der Waals surface area contributed by atoms with Crippen molar-refractivity contribution < 1.29 is 0 Å². The molecule has 4 rings (SSSR count). The number of hydrogen-bond donors (Lipinski definition) is 1. The molecule has 1 aliphatic rings. The van der Waals surface area contributed by atoms with E-state index >= 15 is 0 Å². The van der Waals surface area contributed by atoms with Gasteiger partial charge in [0, 0.05) is 73.9 Å². The van der Waals surface area contributed by atoms with Gasteiger partial charge in [0.2, 0.25) is 5.95 Å². The monoisotopic (exact) mass is 394 g/mol. The Labute approximate surface area is 170 Å². The maximum absolute atomic E-state index is 4.82. The van der Waals surface area contributed by atoms with Crippen LogP contribution in [0.15, 0.2) is 48.2 Å². The molecule has 0 atom stereocenters. The average Bonchev–Trinajstić information content (AvgIpc) is 3.29. The Balaban J connectivity index is 1.45. The van der Waals surface area contributed by atoms with Gasteiger partial charge in [-0.2, -0.15) is 0 Å². The second kappa shape index (κ2) is 9.23. The summed E-state index contributed by atoms with van der Waals surface area (Å²) in [6.45, 7) is 9.82. The zero-order chi connectivity index (χ0) is 19.2. The van der Waals surface area contributed by atoms with Crippen molar-refractivity contribution >= 4 is 17.3 Å². The smallest absolute Gasteiger partial charge is 0.223 e. The van der Waals surface area contributed by atoms with Gasteiger partial charge in [-0.05, 0) is 30.1 Å². The molecule has 0 amide bonds. The Morgan fingerprint density at radius 2 is 1.93 bits per heavy atom. The molecule has 1 fully saturated rings. The van der Waals surface area contributed by atoms with Crippen molar-refractivity contribution in [3.63, 3.8) is 0 Å². The van der Waals surface area contributed by atoms with Crippen LogP contribution >= 0.6 is 11.3 Å². The molecule has 28 heavy (non-hydrogen) atoms. The second-order valence-electron chi connectivity index (χ2n) is 6.88. The van der Waals surface area contributed by atoms with Crippen LogP contribution in [0.5, 0.6) is 0 Å². The molecule has 3 aromatic heterocycles. The predicted molar refractivity (Wildman–Crippen MR) is 116 cm³/mol. The second-order valence-corrected chi connectivity index (χ2v) is 7.83. The van der Waals surface area contributed by atoms with E-state index in [-0.39, 0.29) is 0 Å². The van der Waals surface area contributed by atoms with Gasteiger partial charge in [0.05, 0.1) is 5.69 Å². The predicted octanol–water partition coefficient (Wildman–Crippen LogP) is 3.32. The standard InChI is InChI=1S/C21H26N6S/c1-2-26-10-12-27(13-11-26)9-8-23-21-24-16-18(19-6-4-14-28-19)20(25-21)17-5-3-7-22-15-17/h3-7,14-16H,2,8-13H2,1H3,(H,23,24,25). The number of piperazine rings is 1. The van der Waals surface area contributed by atoms with Crippen LogP contribution in [0, 0.1) is 0 Å². The Morgan fingerprint density at radius 1 is 1.07 bits per heavy atom. The molecule has 0 aliphatic carbocycles. The SMILES string of the molecule is CCN1CCN(CCNc2ncc(-c3cccs3)c(-c3cccnc3)n2)CC1. The first-order valence-electron chi connectivity index (χ1n) is 9.83. The van der Waals surface area contributed by atoms with E-state index in [1.54, 1.807) is 17.5 Å². The van der Waals surface area contributed by atoms with Crippen LogP contribution in [-0.4, -0.2) is 70.6 Å². The van der Waals surface area contributed by atoms with Gasteiger partial charge in [-0.25, -0.2) is 9.97 Å². The molecule has 0 spiro atoms. The fraction of sp³-hybridized carbons (Fsp3) is 0.381. The molecule has 7 heteroatoms. The Kier molecular flexibility index (Phi) is 6.26. The molecule has 1 saturated heterocycles. The highest BCUT2D eigenvalue weighted by atomic mass is 32.1. The highest BCUT2D eigenvalue weighted by molar-refractivity contribution is 7.13. The van der Waals surface area contributed by atoms with Crippen LogP contribution < -0.4 is 5.32 Å². The van der Waals surface area contributed by atoms with E-state index in [0.29, 0.717) is 5.95 Å². The van der Waals surface area contributed by atoms with Crippen LogP contribution in [0.4, 0.5) is 5.95 Å². The lowest BCUT2D eigenvalue weighted by Gasteiger charge is -2.33. The third-order valence-corrected chi connectivity index (χ3v) is 6.04. The molecule has 1 aliphatic heterocycles. The quantitative estimate of drug-likeness (QED) is 0.663. The summed E-state index contributed by atoms with van der Waals surface area (Å²) in [5.41, 5.74) is 2.97. The van der Waals surface area contributed by atoms with Gasteiger partial charge in [-0.15, -0.1) is 11.3 Å². The zero-order valence-electron chi connectivity index (χ0n) is 16.2. The van der Waals surface area contributed by atoms with Gasteiger partial charge in [0.1, 0.15) is 0 Å². The van der Waals surface area contributed by atoms with Crippen LogP contribution in [0.1, 0.15) is 6.92 Å². The average molecular weight is 395 g/mol. The van der Waals surface area contributed by atoms with Gasteiger partial charge in [0.25, 0.3) is 0 Å². The first-order chi connectivity index (χ1) is 13.8. The molecule has 146 valence electrons. The molecular weight excluding hydrogens is 368 g/mol. The molecule has 0 unspecified atom stereocenters. The van der Waals surface area contributed by atoms with Gasteiger partial charge < -0.3 is 10.2 Å². The Hall–Kier alpha value is -2.35. The number of aromatic nitrogens is 3. The molecule has 0 saturated carbocycles. The number of pyridine rings is 1. The van der Waals surface area contributed by atoms with Gasteiger partial charge in [-0.1, -0.05) is 13.0 Å². The highest BCUT2D eigenvalue weighted by Crippen LogP contribution is 2.33. The summed E-state index contributed by atoms with van der Waals surface area (Å²) < 4.78 is 0. The molecule has 0 aromatic carbocycles. The highest BCUT2D eigenvalue weighted by Gasteiger charge is 2.16.